The number of carbonyl (C=O) groups excluding carboxylic acids is 7. The van der Waals surface area contributed by atoms with Crippen molar-refractivity contribution in [2.24, 2.45) is 17.6 Å². The molecule has 0 aliphatic heterocycles. The van der Waals surface area contributed by atoms with Gasteiger partial charge in [0.15, 0.2) is 0 Å². The van der Waals surface area contributed by atoms with Crippen LogP contribution in [-0.2, 0) is 38.9 Å². The van der Waals surface area contributed by atoms with Crippen LogP contribution in [0.2, 0.25) is 0 Å². The smallest absolute Gasteiger partial charge is 0.295 e. The highest BCUT2D eigenvalue weighted by Crippen LogP contribution is 2.27. The van der Waals surface area contributed by atoms with Gasteiger partial charge in [-0.05, 0) is 55.2 Å². The fraction of sp³-hybridized carbons (Fsp3) is 0.486. The molecule has 0 saturated heterocycles. The second-order valence-electron chi connectivity index (χ2n) is 13.7. The van der Waals surface area contributed by atoms with Gasteiger partial charge < -0.3 is 32.3 Å². The van der Waals surface area contributed by atoms with Gasteiger partial charge in [0.25, 0.3) is 21.9 Å². The third-order valence-corrected chi connectivity index (χ3v) is 9.92. The molecule has 0 aromatic heterocycles. The van der Waals surface area contributed by atoms with Crippen molar-refractivity contribution >= 4 is 51.3 Å². The molecule has 1 fully saturated rings. The van der Waals surface area contributed by atoms with Gasteiger partial charge in [-0.1, -0.05) is 88.9 Å². The number of hydrogen-bond donors (Lipinski definition) is 7. The van der Waals surface area contributed by atoms with Crippen molar-refractivity contribution < 1.29 is 46.5 Å². The summed E-state index contributed by atoms with van der Waals surface area (Å²) in [6.45, 7) is 4.69. The Morgan fingerprint density at radius 2 is 1.43 bits per heavy atom. The Balaban J connectivity index is 1.74. The van der Waals surface area contributed by atoms with Gasteiger partial charge in [-0.2, -0.15) is 8.42 Å². The van der Waals surface area contributed by atoms with Crippen molar-refractivity contribution in [2.75, 3.05) is 6.54 Å². The highest BCUT2D eigenvalue weighted by atomic mass is 32.2. The number of amides is 6. The first-order valence-electron chi connectivity index (χ1n) is 18.0. The quantitative estimate of drug-likeness (QED) is 0.0799. The van der Waals surface area contributed by atoms with E-state index in [0.29, 0.717) is 24.8 Å². The lowest BCUT2D eigenvalue weighted by Crippen LogP contribution is -2.58. The van der Waals surface area contributed by atoms with E-state index in [4.69, 9.17) is 5.73 Å². The summed E-state index contributed by atoms with van der Waals surface area (Å²) in [4.78, 5) is 91.1. The molecule has 0 heterocycles. The number of benzene rings is 2. The Hall–Kier alpha value is -5.16. The topological polar surface area (TPSA) is 260 Å². The summed E-state index contributed by atoms with van der Waals surface area (Å²) in [5.41, 5.74) is 5.50. The average molecular weight is 771 g/mol. The second kappa shape index (κ2) is 20.3. The summed E-state index contributed by atoms with van der Waals surface area (Å²) < 4.78 is 33.6. The van der Waals surface area contributed by atoms with Crippen molar-refractivity contribution in [3.8, 4) is 0 Å². The van der Waals surface area contributed by atoms with Gasteiger partial charge in [0.2, 0.25) is 29.4 Å². The largest absolute Gasteiger partial charge is 0.368 e. The molecule has 2 unspecified atom stereocenters. The standard InChI is InChI=1S/C37H50N6O10S/c1-4-13-26(32(45)37(50)39-21-29(44)42-30(33(38)46)23-14-7-5-8-15-23)40-35(48)27(20-22(2)3)41-36(49)31(24-16-9-6-10-17-24)43-34(47)25-18-11-12-19-28(25)54(51,52)53/h5,7-8,11-12,14-15,18-19,22,24,26-27,30-31H,4,6,9-10,13,16-17,20-21H2,1-3H3,(H2,38,46)(H,39,50)(H,40,48)(H,41,49)(H,42,44)(H,43,47)(H,51,52,53)/t26?,27-,30?,31-/m0/s1. The SMILES string of the molecule is CCCC(NC(=O)[C@H](CC(C)C)NC(=O)[C@@H](NC(=O)c1ccccc1S(=O)(=O)O)C1CCCCC1)C(=O)C(=O)NCC(=O)NC(C(N)=O)c1ccccc1. The molecule has 2 aromatic rings. The predicted molar refractivity (Wildman–Crippen MR) is 197 cm³/mol. The molecule has 294 valence electrons. The lowest BCUT2D eigenvalue weighted by atomic mass is 9.83. The highest BCUT2D eigenvalue weighted by Gasteiger charge is 2.36. The maximum atomic E-state index is 13.9. The fourth-order valence-corrected chi connectivity index (χ4v) is 7.03. The van der Waals surface area contributed by atoms with Gasteiger partial charge in [-0.25, -0.2) is 0 Å². The average Bonchev–Trinajstić information content (AvgIpc) is 3.14. The number of rotatable bonds is 19. The Labute approximate surface area is 314 Å². The molecule has 1 aliphatic carbocycles. The Bertz CT molecular complexity index is 1780. The maximum absolute atomic E-state index is 13.9. The van der Waals surface area contributed by atoms with E-state index >= 15 is 0 Å². The molecular formula is C37H50N6O10S. The molecule has 8 N–H and O–H groups in total. The van der Waals surface area contributed by atoms with E-state index in [1.165, 1.54) is 18.2 Å². The Morgan fingerprint density at radius 3 is 2.02 bits per heavy atom. The van der Waals surface area contributed by atoms with E-state index < -0.39 is 87.0 Å². The van der Waals surface area contributed by atoms with Crippen molar-refractivity contribution in [2.45, 2.75) is 101 Å². The first-order valence-corrected chi connectivity index (χ1v) is 19.4. The van der Waals surface area contributed by atoms with Crippen molar-refractivity contribution in [1.82, 2.24) is 26.6 Å². The zero-order chi connectivity index (χ0) is 40.0. The molecule has 1 aliphatic rings. The third-order valence-electron chi connectivity index (χ3n) is 9.01. The molecule has 4 atom stereocenters. The zero-order valence-corrected chi connectivity index (χ0v) is 31.4. The third kappa shape index (κ3) is 12.8. The number of Topliss-reactive ketones (excluding diaryl/α,β-unsaturated/α-hetero) is 1. The van der Waals surface area contributed by atoms with E-state index in [9.17, 15) is 46.5 Å². The van der Waals surface area contributed by atoms with Gasteiger partial charge in [0.1, 0.15) is 23.0 Å². The molecule has 17 heteroatoms. The van der Waals surface area contributed by atoms with Crippen LogP contribution in [0, 0.1) is 11.8 Å². The van der Waals surface area contributed by atoms with Crippen LogP contribution in [0.4, 0.5) is 0 Å². The van der Waals surface area contributed by atoms with Crippen LogP contribution in [0.5, 0.6) is 0 Å². The first kappa shape index (κ1) is 43.2. The van der Waals surface area contributed by atoms with E-state index in [0.717, 1.165) is 25.3 Å². The molecule has 54 heavy (non-hydrogen) atoms. The summed E-state index contributed by atoms with van der Waals surface area (Å²) in [7, 11) is -4.77. The number of nitrogens with one attached hydrogen (secondary N) is 5. The predicted octanol–water partition coefficient (Wildman–Crippen LogP) is 1.46. The lowest BCUT2D eigenvalue weighted by molar-refractivity contribution is -0.141. The molecule has 2 aromatic carbocycles. The van der Waals surface area contributed by atoms with Crippen LogP contribution in [0.15, 0.2) is 59.5 Å². The van der Waals surface area contributed by atoms with Crippen molar-refractivity contribution in [3.05, 3.63) is 65.7 Å². The first-order chi connectivity index (χ1) is 25.5. The van der Waals surface area contributed by atoms with Gasteiger partial charge >= 0.3 is 0 Å². The van der Waals surface area contributed by atoms with Crippen LogP contribution < -0.4 is 32.3 Å². The summed E-state index contributed by atoms with van der Waals surface area (Å²) in [5, 5.41) is 12.5. The van der Waals surface area contributed by atoms with E-state index in [1.54, 1.807) is 37.3 Å². The Morgan fingerprint density at radius 1 is 0.815 bits per heavy atom. The molecule has 0 radical (unpaired) electrons. The molecule has 16 nitrogen and oxygen atoms in total. The number of nitrogens with two attached hydrogens (primary N) is 1. The van der Waals surface area contributed by atoms with Gasteiger partial charge in [0.05, 0.1) is 18.2 Å². The molecule has 6 amide bonds. The minimum Gasteiger partial charge on any atom is -0.368 e. The normalized spacial score (nSPS) is 15.5. The van der Waals surface area contributed by atoms with Gasteiger partial charge in [-0.3, -0.25) is 38.1 Å². The molecule has 3 rings (SSSR count). The van der Waals surface area contributed by atoms with Gasteiger partial charge in [0, 0.05) is 0 Å². The van der Waals surface area contributed by atoms with E-state index in [-0.39, 0.29) is 30.2 Å². The van der Waals surface area contributed by atoms with Crippen LogP contribution in [-0.4, -0.2) is 78.9 Å². The monoisotopic (exact) mass is 770 g/mol. The number of hydrogen-bond acceptors (Lipinski definition) is 9. The van der Waals surface area contributed by atoms with Crippen LogP contribution >= 0.6 is 0 Å². The zero-order valence-electron chi connectivity index (χ0n) is 30.6. The molecular weight excluding hydrogens is 721 g/mol. The van der Waals surface area contributed by atoms with E-state index in [1.807, 2.05) is 13.8 Å². The van der Waals surface area contributed by atoms with Crippen molar-refractivity contribution in [3.63, 3.8) is 0 Å². The van der Waals surface area contributed by atoms with Crippen LogP contribution in [0.3, 0.4) is 0 Å². The van der Waals surface area contributed by atoms with Gasteiger partial charge in [-0.15, -0.1) is 0 Å². The van der Waals surface area contributed by atoms with Crippen LogP contribution in [0.1, 0.15) is 94.1 Å². The number of primary amides is 1. The molecule has 0 spiro atoms. The number of ketones is 1. The Kier molecular flexibility index (Phi) is 16.3. The van der Waals surface area contributed by atoms with E-state index in [2.05, 4.69) is 26.6 Å². The maximum Gasteiger partial charge on any atom is 0.295 e. The summed E-state index contributed by atoms with van der Waals surface area (Å²) in [6.07, 6.45) is 4.20. The minimum absolute atomic E-state index is 0.0538. The minimum atomic E-state index is -4.77. The number of carbonyl (C=O) groups is 7. The molecule has 1 saturated carbocycles. The second-order valence-corrected chi connectivity index (χ2v) is 15.1. The fourth-order valence-electron chi connectivity index (χ4n) is 6.34. The highest BCUT2D eigenvalue weighted by molar-refractivity contribution is 7.86. The summed E-state index contributed by atoms with van der Waals surface area (Å²) in [6, 6.07) is 8.36. The molecule has 0 bridgehead atoms. The summed E-state index contributed by atoms with van der Waals surface area (Å²) in [5.74, 6) is -6.66. The van der Waals surface area contributed by atoms with Crippen LogP contribution in [0.25, 0.3) is 0 Å². The van der Waals surface area contributed by atoms with Crippen molar-refractivity contribution in [1.29, 1.82) is 0 Å². The lowest BCUT2D eigenvalue weighted by Gasteiger charge is -2.32. The summed E-state index contributed by atoms with van der Waals surface area (Å²) >= 11 is 0.